The van der Waals surface area contributed by atoms with Crippen molar-refractivity contribution in [2.45, 2.75) is 12.8 Å². The van der Waals surface area contributed by atoms with Gasteiger partial charge in [0.05, 0.1) is 12.2 Å². The largest absolute Gasteiger partial charge is 0.504 e. The minimum Gasteiger partial charge on any atom is -0.504 e. The van der Waals surface area contributed by atoms with Gasteiger partial charge in [-0.1, -0.05) is 6.07 Å². The topological polar surface area (TPSA) is 89.8 Å². The van der Waals surface area contributed by atoms with Gasteiger partial charge in [0.15, 0.2) is 11.5 Å². The molecule has 2 rings (SSSR count). The third-order valence-electron chi connectivity index (χ3n) is 3.18. The highest BCUT2D eigenvalue weighted by Gasteiger charge is 2.42. The Hall–Kier alpha value is -1.75. The average molecular weight is 237 g/mol. The van der Waals surface area contributed by atoms with Crippen LogP contribution < -0.4 is 5.32 Å². The fourth-order valence-corrected chi connectivity index (χ4v) is 1.65. The minimum atomic E-state index is -0.446. The van der Waals surface area contributed by atoms with Crippen LogP contribution in [0.1, 0.15) is 23.2 Å². The van der Waals surface area contributed by atoms with Crippen molar-refractivity contribution < 1.29 is 20.1 Å². The second-order valence-corrected chi connectivity index (χ2v) is 4.51. The van der Waals surface area contributed by atoms with Crippen LogP contribution >= 0.6 is 0 Å². The molecule has 1 amide bonds. The van der Waals surface area contributed by atoms with Gasteiger partial charge in [0, 0.05) is 12.0 Å². The molecule has 0 unspecified atom stereocenters. The number of benzene rings is 1. The third kappa shape index (κ3) is 2.34. The highest BCUT2D eigenvalue weighted by atomic mass is 16.3. The van der Waals surface area contributed by atoms with Crippen molar-refractivity contribution in [2.75, 3.05) is 13.2 Å². The second-order valence-electron chi connectivity index (χ2n) is 4.51. The van der Waals surface area contributed by atoms with E-state index in [1.807, 2.05) is 0 Å². The molecule has 1 saturated carbocycles. The summed E-state index contributed by atoms with van der Waals surface area (Å²) in [5.41, 5.74) is -0.138. The number of carbonyl (C=O) groups excluding carboxylic acids is 1. The van der Waals surface area contributed by atoms with Gasteiger partial charge in [0.2, 0.25) is 0 Å². The zero-order valence-electron chi connectivity index (χ0n) is 9.31. The van der Waals surface area contributed by atoms with Crippen LogP contribution in [0, 0.1) is 5.41 Å². The van der Waals surface area contributed by atoms with Crippen molar-refractivity contribution in [3.8, 4) is 11.5 Å². The number of aliphatic hydroxyl groups is 1. The fraction of sp³-hybridized carbons (Fsp3) is 0.417. The lowest BCUT2D eigenvalue weighted by atomic mass is 10.1. The molecular weight excluding hydrogens is 222 g/mol. The van der Waals surface area contributed by atoms with Crippen LogP contribution in [0.15, 0.2) is 18.2 Å². The Balaban J connectivity index is 2.02. The number of rotatable bonds is 4. The smallest absolute Gasteiger partial charge is 0.255 e. The predicted octanol–water partition coefficient (Wildman–Crippen LogP) is 0.600. The maximum atomic E-state index is 11.7. The van der Waals surface area contributed by atoms with Crippen LogP contribution in [0.4, 0.5) is 0 Å². The SMILES string of the molecule is O=C(NCC1(CO)CC1)c1cccc(O)c1O. The number of nitrogens with one attached hydrogen (secondary N) is 1. The molecule has 5 heteroatoms. The lowest BCUT2D eigenvalue weighted by molar-refractivity contribution is 0.0932. The van der Waals surface area contributed by atoms with Crippen LogP contribution in [-0.2, 0) is 0 Å². The molecule has 1 aliphatic rings. The number of aliphatic hydroxyl groups excluding tert-OH is 1. The van der Waals surface area contributed by atoms with Crippen LogP contribution in [0.25, 0.3) is 0 Å². The Morgan fingerprint density at radius 2 is 2.06 bits per heavy atom. The van der Waals surface area contributed by atoms with Gasteiger partial charge >= 0.3 is 0 Å². The summed E-state index contributed by atoms with van der Waals surface area (Å²) in [4.78, 5) is 11.7. The summed E-state index contributed by atoms with van der Waals surface area (Å²) in [6.07, 6.45) is 1.80. The first-order valence-electron chi connectivity index (χ1n) is 5.48. The summed E-state index contributed by atoms with van der Waals surface area (Å²) in [7, 11) is 0. The molecule has 0 atom stereocenters. The third-order valence-corrected chi connectivity index (χ3v) is 3.18. The number of phenols is 2. The van der Waals surface area contributed by atoms with Gasteiger partial charge < -0.3 is 20.6 Å². The van der Waals surface area contributed by atoms with E-state index in [9.17, 15) is 15.0 Å². The molecule has 0 aromatic heterocycles. The van der Waals surface area contributed by atoms with Crippen molar-refractivity contribution in [3.63, 3.8) is 0 Å². The summed E-state index contributed by atoms with van der Waals surface area (Å²) in [5.74, 6) is -1.18. The molecule has 0 saturated heterocycles. The molecule has 4 N–H and O–H groups in total. The Morgan fingerprint density at radius 3 is 2.65 bits per heavy atom. The summed E-state index contributed by atoms with van der Waals surface area (Å²) in [5, 5.41) is 30.5. The first-order valence-corrected chi connectivity index (χ1v) is 5.48. The quantitative estimate of drug-likeness (QED) is 0.577. The van der Waals surface area contributed by atoms with Crippen molar-refractivity contribution in [3.05, 3.63) is 23.8 Å². The molecule has 0 heterocycles. The molecule has 0 bridgehead atoms. The highest BCUT2D eigenvalue weighted by Crippen LogP contribution is 2.44. The van der Waals surface area contributed by atoms with E-state index in [1.54, 1.807) is 0 Å². The normalized spacial score (nSPS) is 16.5. The molecular formula is C12H15NO4. The number of para-hydroxylation sites is 1. The van der Waals surface area contributed by atoms with Crippen LogP contribution in [0.3, 0.4) is 0 Å². The molecule has 17 heavy (non-hydrogen) atoms. The first kappa shape index (κ1) is 11.7. The average Bonchev–Trinajstić information content (AvgIpc) is 3.10. The second kappa shape index (κ2) is 4.25. The number of carbonyl (C=O) groups is 1. The van der Waals surface area contributed by atoms with Gasteiger partial charge in [-0.25, -0.2) is 0 Å². The number of hydrogen-bond acceptors (Lipinski definition) is 4. The molecule has 1 fully saturated rings. The molecule has 92 valence electrons. The van der Waals surface area contributed by atoms with Crippen LogP contribution in [-0.4, -0.2) is 34.4 Å². The summed E-state index contributed by atoms with van der Waals surface area (Å²) >= 11 is 0. The van der Waals surface area contributed by atoms with Gasteiger partial charge in [-0.15, -0.1) is 0 Å². The lowest BCUT2D eigenvalue weighted by Crippen LogP contribution is -2.31. The number of phenolic OH excluding ortho intramolecular Hbond substituents is 2. The lowest BCUT2D eigenvalue weighted by Gasteiger charge is -2.13. The summed E-state index contributed by atoms with van der Waals surface area (Å²) in [6.45, 7) is 0.441. The Labute approximate surface area is 98.7 Å². The van der Waals surface area contributed by atoms with Crippen LogP contribution in [0.5, 0.6) is 11.5 Å². The van der Waals surface area contributed by atoms with Crippen molar-refractivity contribution in [2.24, 2.45) is 5.41 Å². The molecule has 0 aliphatic heterocycles. The number of aromatic hydroxyl groups is 2. The van der Waals surface area contributed by atoms with E-state index >= 15 is 0 Å². The zero-order chi connectivity index (χ0) is 12.5. The fourth-order valence-electron chi connectivity index (χ4n) is 1.65. The molecule has 0 spiro atoms. The van der Waals surface area contributed by atoms with Crippen LogP contribution in [0.2, 0.25) is 0 Å². The van der Waals surface area contributed by atoms with Gasteiger partial charge in [-0.3, -0.25) is 4.79 Å². The van der Waals surface area contributed by atoms with E-state index in [-0.39, 0.29) is 23.3 Å². The molecule has 0 radical (unpaired) electrons. The number of hydrogen-bond donors (Lipinski definition) is 4. The van der Waals surface area contributed by atoms with Crippen molar-refractivity contribution >= 4 is 5.91 Å². The Bertz CT molecular complexity index is 440. The standard InChI is InChI=1S/C12H15NO4/c14-7-12(4-5-12)6-13-11(17)8-2-1-3-9(15)10(8)16/h1-3,14-16H,4-7H2,(H,13,17). The molecule has 1 aliphatic carbocycles. The van der Waals surface area contributed by atoms with E-state index in [2.05, 4.69) is 5.32 Å². The zero-order valence-corrected chi connectivity index (χ0v) is 9.31. The summed E-state index contributed by atoms with van der Waals surface area (Å²) < 4.78 is 0. The van der Waals surface area contributed by atoms with E-state index in [0.29, 0.717) is 6.54 Å². The van der Waals surface area contributed by atoms with Gasteiger partial charge in [-0.05, 0) is 25.0 Å². The monoisotopic (exact) mass is 237 g/mol. The predicted molar refractivity (Wildman–Crippen MR) is 60.9 cm³/mol. The Kier molecular flexibility index (Phi) is 2.93. The summed E-state index contributed by atoms with van der Waals surface area (Å²) in [6, 6.07) is 4.23. The molecule has 1 aromatic carbocycles. The van der Waals surface area contributed by atoms with E-state index in [4.69, 9.17) is 5.11 Å². The van der Waals surface area contributed by atoms with Gasteiger partial charge in [0.1, 0.15) is 0 Å². The van der Waals surface area contributed by atoms with E-state index in [1.165, 1.54) is 18.2 Å². The maximum absolute atomic E-state index is 11.7. The minimum absolute atomic E-state index is 0.0405. The van der Waals surface area contributed by atoms with Gasteiger partial charge in [-0.2, -0.15) is 0 Å². The van der Waals surface area contributed by atoms with E-state index < -0.39 is 11.7 Å². The van der Waals surface area contributed by atoms with E-state index in [0.717, 1.165) is 12.8 Å². The van der Waals surface area contributed by atoms with Gasteiger partial charge in [0.25, 0.3) is 5.91 Å². The Morgan fingerprint density at radius 1 is 1.35 bits per heavy atom. The first-order chi connectivity index (χ1) is 8.08. The molecule has 1 aromatic rings. The van der Waals surface area contributed by atoms with Crippen molar-refractivity contribution in [1.29, 1.82) is 0 Å². The number of amides is 1. The maximum Gasteiger partial charge on any atom is 0.255 e. The molecule has 5 nitrogen and oxygen atoms in total. The van der Waals surface area contributed by atoms with Crippen molar-refractivity contribution in [1.82, 2.24) is 5.32 Å². The highest BCUT2D eigenvalue weighted by molar-refractivity contribution is 5.97.